The molecule has 0 aliphatic heterocycles. The molecule has 0 amide bonds. The molecule has 1 saturated carbocycles. The van der Waals surface area contributed by atoms with Gasteiger partial charge >= 0.3 is 0 Å². The van der Waals surface area contributed by atoms with Crippen molar-refractivity contribution in [1.82, 2.24) is 0 Å². The van der Waals surface area contributed by atoms with E-state index in [1.807, 2.05) is 0 Å². The van der Waals surface area contributed by atoms with Crippen LogP contribution in [0.15, 0.2) is 0 Å². The van der Waals surface area contributed by atoms with Gasteiger partial charge in [-0.15, -0.1) is 0 Å². The standard InChI is InChI=1S/C10H20O/c1-3-8-6-5-7-9(8)10(11)4-2/h8-11H,3-7H2,1-2H3. The molecule has 1 N–H and O–H groups in total. The average molecular weight is 156 g/mol. The van der Waals surface area contributed by atoms with Gasteiger partial charge in [0.25, 0.3) is 0 Å². The molecule has 1 rings (SSSR count). The van der Waals surface area contributed by atoms with E-state index in [9.17, 15) is 5.11 Å². The highest BCUT2D eigenvalue weighted by Crippen LogP contribution is 2.36. The lowest BCUT2D eigenvalue weighted by Gasteiger charge is -2.22. The smallest absolute Gasteiger partial charge is 0.0568 e. The Bertz CT molecular complexity index is 111. The van der Waals surface area contributed by atoms with Gasteiger partial charge in [0.15, 0.2) is 0 Å². The zero-order valence-corrected chi connectivity index (χ0v) is 7.71. The second-order valence-electron chi connectivity index (χ2n) is 3.74. The molecular formula is C10H20O. The number of hydrogen-bond donors (Lipinski definition) is 1. The van der Waals surface area contributed by atoms with Gasteiger partial charge in [0, 0.05) is 0 Å². The average Bonchev–Trinajstić information content (AvgIpc) is 2.50. The molecule has 66 valence electrons. The van der Waals surface area contributed by atoms with Crippen molar-refractivity contribution < 1.29 is 5.11 Å². The highest BCUT2D eigenvalue weighted by Gasteiger charge is 2.30. The zero-order chi connectivity index (χ0) is 8.27. The summed E-state index contributed by atoms with van der Waals surface area (Å²) in [4.78, 5) is 0. The lowest BCUT2D eigenvalue weighted by atomic mass is 9.88. The van der Waals surface area contributed by atoms with Crippen LogP contribution in [0.3, 0.4) is 0 Å². The van der Waals surface area contributed by atoms with Crippen molar-refractivity contribution in [1.29, 1.82) is 0 Å². The first-order chi connectivity index (χ1) is 5.29. The molecule has 0 aromatic carbocycles. The van der Waals surface area contributed by atoms with Crippen molar-refractivity contribution in [3.05, 3.63) is 0 Å². The Morgan fingerprint density at radius 3 is 2.64 bits per heavy atom. The molecule has 3 unspecified atom stereocenters. The monoisotopic (exact) mass is 156 g/mol. The molecule has 11 heavy (non-hydrogen) atoms. The number of aliphatic hydroxyl groups is 1. The molecule has 0 aromatic heterocycles. The number of hydrogen-bond acceptors (Lipinski definition) is 1. The summed E-state index contributed by atoms with van der Waals surface area (Å²) >= 11 is 0. The zero-order valence-electron chi connectivity index (χ0n) is 7.71. The highest BCUT2D eigenvalue weighted by atomic mass is 16.3. The van der Waals surface area contributed by atoms with Crippen molar-refractivity contribution in [3.8, 4) is 0 Å². The van der Waals surface area contributed by atoms with Crippen LogP contribution in [0.2, 0.25) is 0 Å². The Morgan fingerprint density at radius 2 is 2.09 bits per heavy atom. The first-order valence-electron chi connectivity index (χ1n) is 4.97. The van der Waals surface area contributed by atoms with E-state index < -0.39 is 0 Å². The minimum absolute atomic E-state index is 0.0255. The first kappa shape index (κ1) is 9.05. The van der Waals surface area contributed by atoms with Crippen LogP contribution in [-0.4, -0.2) is 11.2 Å². The third-order valence-corrected chi connectivity index (χ3v) is 3.15. The molecule has 1 heteroatoms. The van der Waals surface area contributed by atoms with Crippen molar-refractivity contribution in [2.24, 2.45) is 11.8 Å². The van der Waals surface area contributed by atoms with Crippen LogP contribution < -0.4 is 0 Å². The van der Waals surface area contributed by atoms with E-state index in [0.29, 0.717) is 5.92 Å². The third kappa shape index (κ3) is 1.96. The number of rotatable bonds is 3. The molecule has 3 atom stereocenters. The summed E-state index contributed by atoms with van der Waals surface area (Å²) in [7, 11) is 0. The van der Waals surface area contributed by atoms with Crippen LogP contribution in [0.4, 0.5) is 0 Å². The molecule has 0 bridgehead atoms. The van der Waals surface area contributed by atoms with Gasteiger partial charge in [0.2, 0.25) is 0 Å². The minimum Gasteiger partial charge on any atom is -0.393 e. The lowest BCUT2D eigenvalue weighted by molar-refractivity contribution is 0.0810. The summed E-state index contributed by atoms with van der Waals surface area (Å²) in [5.74, 6) is 1.43. The fraction of sp³-hybridized carbons (Fsp3) is 1.00. The van der Waals surface area contributed by atoms with Gasteiger partial charge in [0.05, 0.1) is 6.10 Å². The summed E-state index contributed by atoms with van der Waals surface area (Å²) in [5.41, 5.74) is 0. The molecule has 0 saturated heterocycles. The Balaban J connectivity index is 2.42. The Hall–Kier alpha value is -0.0400. The van der Waals surface area contributed by atoms with Crippen LogP contribution >= 0.6 is 0 Å². The Morgan fingerprint density at radius 1 is 1.36 bits per heavy atom. The second kappa shape index (κ2) is 4.10. The quantitative estimate of drug-likeness (QED) is 0.666. The van der Waals surface area contributed by atoms with Crippen molar-refractivity contribution in [3.63, 3.8) is 0 Å². The lowest BCUT2D eigenvalue weighted by Crippen LogP contribution is -2.22. The van der Waals surface area contributed by atoms with E-state index >= 15 is 0 Å². The molecule has 0 heterocycles. The minimum atomic E-state index is -0.0255. The van der Waals surface area contributed by atoms with E-state index in [2.05, 4.69) is 13.8 Å². The molecule has 1 nitrogen and oxygen atoms in total. The van der Waals surface area contributed by atoms with E-state index in [4.69, 9.17) is 0 Å². The summed E-state index contributed by atoms with van der Waals surface area (Å²) in [6.45, 7) is 4.32. The van der Waals surface area contributed by atoms with Gasteiger partial charge in [-0.2, -0.15) is 0 Å². The fourth-order valence-corrected chi connectivity index (χ4v) is 2.38. The summed E-state index contributed by atoms with van der Waals surface area (Å²) in [5, 5.41) is 9.66. The van der Waals surface area contributed by atoms with Gasteiger partial charge in [0.1, 0.15) is 0 Å². The van der Waals surface area contributed by atoms with E-state index in [-0.39, 0.29) is 6.10 Å². The predicted molar refractivity (Wildman–Crippen MR) is 47.4 cm³/mol. The maximum Gasteiger partial charge on any atom is 0.0568 e. The first-order valence-corrected chi connectivity index (χ1v) is 4.97. The summed E-state index contributed by atoms with van der Waals surface area (Å²) < 4.78 is 0. The molecular weight excluding hydrogens is 136 g/mol. The molecule has 1 aliphatic carbocycles. The molecule has 1 fully saturated rings. The van der Waals surface area contributed by atoms with E-state index in [1.165, 1.54) is 25.7 Å². The van der Waals surface area contributed by atoms with Crippen LogP contribution in [0.1, 0.15) is 46.0 Å². The molecule has 0 radical (unpaired) electrons. The Kier molecular flexibility index (Phi) is 3.38. The van der Waals surface area contributed by atoms with Crippen LogP contribution in [0.25, 0.3) is 0 Å². The maximum absolute atomic E-state index is 9.66. The number of aliphatic hydroxyl groups excluding tert-OH is 1. The molecule has 1 aliphatic rings. The van der Waals surface area contributed by atoms with E-state index in [1.54, 1.807) is 0 Å². The van der Waals surface area contributed by atoms with Crippen LogP contribution in [-0.2, 0) is 0 Å². The van der Waals surface area contributed by atoms with Crippen LogP contribution in [0, 0.1) is 11.8 Å². The van der Waals surface area contributed by atoms with Gasteiger partial charge in [-0.3, -0.25) is 0 Å². The molecule has 0 aromatic rings. The maximum atomic E-state index is 9.66. The predicted octanol–water partition coefficient (Wildman–Crippen LogP) is 2.58. The summed E-state index contributed by atoms with van der Waals surface area (Å²) in [6.07, 6.45) is 6.09. The fourth-order valence-electron chi connectivity index (χ4n) is 2.38. The van der Waals surface area contributed by atoms with Gasteiger partial charge < -0.3 is 5.11 Å². The largest absolute Gasteiger partial charge is 0.393 e. The Labute approximate surface area is 69.8 Å². The normalized spacial score (nSPS) is 34.1. The SMILES string of the molecule is CCC(O)C1CCCC1CC. The second-order valence-corrected chi connectivity index (χ2v) is 3.74. The van der Waals surface area contributed by atoms with Gasteiger partial charge in [-0.25, -0.2) is 0 Å². The third-order valence-electron chi connectivity index (χ3n) is 3.15. The van der Waals surface area contributed by atoms with Crippen LogP contribution in [0.5, 0.6) is 0 Å². The molecule has 0 spiro atoms. The van der Waals surface area contributed by atoms with E-state index in [0.717, 1.165) is 12.3 Å². The highest BCUT2D eigenvalue weighted by molar-refractivity contribution is 4.81. The topological polar surface area (TPSA) is 20.2 Å². The van der Waals surface area contributed by atoms with Crippen molar-refractivity contribution in [2.75, 3.05) is 0 Å². The van der Waals surface area contributed by atoms with Gasteiger partial charge in [-0.1, -0.05) is 33.1 Å². The van der Waals surface area contributed by atoms with Crippen molar-refractivity contribution in [2.45, 2.75) is 52.1 Å². The van der Waals surface area contributed by atoms with Gasteiger partial charge in [-0.05, 0) is 24.7 Å². The van der Waals surface area contributed by atoms with Crippen molar-refractivity contribution >= 4 is 0 Å². The summed E-state index contributed by atoms with van der Waals surface area (Å²) in [6, 6.07) is 0.